The Labute approximate surface area is 170 Å². The first kappa shape index (κ1) is 20.7. The summed E-state index contributed by atoms with van der Waals surface area (Å²) in [4.78, 5) is 40.9. The highest BCUT2D eigenvalue weighted by Gasteiger charge is 2.43. The molecule has 2 aliphatic heterocycles. The molecule has 0 radical (unpaired) electrons. The molecule has 1 aromatic carbocycles. The van der Waals surface area contributed by atoms with Crippen LogP contribution in [0.5, 0.6) is 5.75 Å². The van der Waals surface area contributed by atoms with Crippen LogP contribution in [0.3, 0.4) is 0 Å². The number of carbonyl (C=O) groups is 3. The summed E-state index contributed by atoms with van der Waals surface area (Å²) in [7, 11) is 3.20. The molecule has 8 nitrogen and oxygen atoms in total. The van der Waals surface area contributed by atoms with Gasteiger partial charge in [-0.25, -0.2) is 4.79 Å². The Morgan fingerprint density at radius 3 is 2.62 bits per heavy atom. The molecule has 0 bridgehead atoms. The SMILES string of the molecule is COc1ccccc1C1NC(=O)N(C)C2=C1C(=O)N(CCC(=O)NC(C)(C)C)C2. The van der Waals surface area contributed by atoms with Gasteiger partial charge in [0, 0.05) is 31.1 Å². The lowest BCUT2D eigenvalue weighted by Gasteiger charge is -2.31. The minimum absolute atomic E-state index is 0.112. The molecule has 2 N–H and O–H groups in total. The number of hydrogen-bond acceptors (Lipinski definition) is 4. The van der Waals surface area contributed by atoms with Gasteiger partial charge in [-0.15, -0.1) is 0 Å². The average Bonchev–Trinajstić information content (AvgIpc) is 2.98. The Kier molecular flexibility index (Phi) is 5.55. The van der Waals surface area contributed by atoms with Crippen LogP contribution in [-0.2, 0) is 9.59 Å². The van der Waals surface area contributed by atoms with Crippen molar-refractivity contribution in [1.82, 2.24) is 20.4 Å². The molecule has 8 heteroatoms. The van der Waals surface area contributed by atoms with Gasteiger partial charge in [-0.1, -0.05) is 18.2 Å². The molecule has 0 saturated heterocycles. The first-order chi connectivity index (χ1) is 13.6. The van der Waals surface area contributed by atoms with Crippen LogP contribution in [0.1, 0.15) is 38.8 Å². The molecule has 4 amide bonds. The first-order valence-corrected chi connectivity index (χ1v) is 9.63. The molecule has 156 valence electrons. The van der Waals surface area contributed by atoms with Gasteiger partial charge in [-0.2, -0.15) is 0 Å². The number of hydrogen-bond donors (Lipinski definition) is 2. The van der Waals surface area contributed by atoms with Gasteiger partial charge >= 0.3 is 6.03 Å². The highest BCUT2D eigenvalue weighted by atomic mass is 16.5. The van der Waals surface area contributed by atoms with E-state index in [-0.39, 0.29) is 36.3 Å². The molecular formula is C21H28N4O4. The fourth-order valence-corrected chi connectivity index (χ4v) is 3.66. The van der Waals surface area contributed by atoms with E-state index < -0.39 is 6.04 Å². The summed E-state index contributed by atoms with van der Waals surface area (Å²) >= 11 is 0. The highest BCUT2D eigenvalue weighted by Crippen LogP contribution is 2.38. The fraction of sp³-hybridized carbons (Fsp3) is 0.476. The third-order valence-corrected chi connectivity index (χ3v) is 5.01. The number of benzene rings is 1. The molecule has 2 aliphatic rings. The van der Waals surface area contributed by atoms with Crippen LogP contribution >= 0.6 is 0 Å². The van der Waals surface area contributed by atoms with Crippen LogP contribution in [0.4, 0.5) is 4.79 Å². The standard InChI is InChI=1S/C21H28N4O4/c1-21(2,3)23-16(26)10-11-25-12-14-17(19(25)27)18(22-20(28)24(14)4)13-8-6-7-9-15(13)29-5/h6-9,18H,10-12H2,1-5H3,(H,22,28)(H,23,26). The van der Waals surface area contributed by atoms with Crippen molar-refractivity contribution < 1.29 is 19.1 Å². The van der Waals surface area contributed by atoms with Crippen LogP contribution < -0.4 is 15.4 Å². The monoisotopic (exact) mass is 400 g/mol. The smallest absolute Gasteiger partial charge is 0.322 e. The zero-order chi connectivity index (χ0) is 21.3. The zero-order valence-corrected chi connectivity index (χ0v) is 17.5. The summed E-state index contributed by atoms with van der Waals surface area (Å²) in [5.74, 6) is 0.315. The number of carbonyl (C=O) groups excluding carboxylic acids is 3. The summed E-state index contributed by atoms with van der Waals surface area (Å²) < 4.78 is 5.43. The predicted octanol–water partition coefficient (Wildman–Crippen LogP) is 1.79. The minimum Gasteiger partial charge on any atom is -0.496 e. The minimum atomic E-state index is -0.592. The molecular weight excluding hydrogens is 372 g/mol. The van der Waals surface area contributed by atoms with Gasteiger partial charge in [-0.3, -0.25) is 14.5 Å². The van der Waals surface area contributed by atoms with E-state index in [4.69, 9.17) is 4.74 Å². The lowest BCUT2D eigenvalue weighted by molar-refractivity contribution is -0.127. The molecule has 0 fully saturated rings. The van der Waals surface area contributed by atoms with E-state index in [0.717, 1.165) is 5.56 Å². The number of nitrogens with one attached hydrogen (secondary N) is 2. The van der Waals surface area contributed by atoms with Crippen molar-refractivity contribution >= 4 is 17.8 Å². The quantitative estimate of drug-likeness (QED) is 0.788. The molecule has 0 aromatic heterocycles. The Hall–Kier alpha value is -3.03. The number of amides is 4. The normalized spacial score (nSPS) is 19.3. The maximum absolute atomic E-state index is 13.2. The average molecular weight is 400 g/mol. The molecule has 0 spiro atoms. The number of rotatable bonds is 5. The Balaban J connectivity index is 1.83. The van der Waals surface area contributed by atoms with Gasteiger partial charge in [0.15, 0.2) is 0 Å². The predicted molar refractivity (Wildman–Crippen MR) is 108 cm³/mol. The number of ether oxygens (including phenoxy) is 1. The third kappa shape index (κ3) is 4.21. The second-order valence-electron chi connectivity index (χ2n) is 8.32. The Morgan fingerprint density at radius 1 is 1.28 bits per heavy atom. The van der Waals surface area contributed by atoms with E-state index in [2.05, 4.69) is 10.6 Å². The topological polar surface area (TPSA) is 91.0 Å². The van der Waals surface area contributed by atoms with Crippen LogP contribution in [0, 0.1) is 0 Å². The van der Waals surface area contributed by atoms with Crippen molar-refractivity contribution in [3.63, 3.8) is 0 Å². The Bertz CT molecular complexity index is 872. The van der Waals surface area contributed by atoms with Gasteiger partial charge in [0.2, 0.25) is 5.91 Å². The largest absolute Gasteiger partial charge is 0.496 e. The molecule has 0 aliphatic carbocycles. The summed E-state index contributed by atoms with van der Waals surface area (Å²) in [6, 6.07) is 6.45. The van der Waals surface area contributed by atoms with Crippen molar-refractivity contribution in [1.29, 1.82) is 0 Å². The van der Waals surface area contributed by atoms with Crippen LogP contribution in [0.25, 0.3) is 0 Å². The van der Waals surface area contributed by atoms with E-state index in [1.165, 1.54) is 4.90 Å². The summed E-state index contributed by atoms with van der Waals surface area (Å²) in [6.07, 6.45) is 0.202. The summed E-state index contributed by atoms with van der Waals surface area (Å²) in [5.41, 5.74) is 1.58. The maximum Gasteiger partial charge on any atom is 0.322 e. The third-order valence-electron chi connectivity index (χ3n) is 5.01. The van der Waals surface area contributed by atoms with Crippen molar-refractivity contribution in [2.75, 3.05) is 27.2 Å². The maximum atomic E-state index is 13.2. The van der Waals surface area contributed by atoms with E-state index in [1.54, 1.807) is 25.1 Å². The van der Waals surface area contributed by atoms with Crippen LogP contribution in [-0.4, -0.2) is 60.4 Å². The first-order valence-electron chi connectivity index (χ1n) is 9.63. The van der Waals surface area contributed by atoms with Gasteiger partial charge in [0.25, 0.3) is 5.91 Å². The van der Waals surface area contributed by atoms with Crippen LogP contribution in [0.2, 0.25) is 0 Å². The molecule has 1 atom stereocenters. The van der Waals surface area contributed by atoms with E-state index in [1.807, 2.05) is 39.0 Å². The van der Waals surface area contributed by atoms with Gasteiger partial charge < -0.3 is 20.3 Å². The number of para-hydroxylation sites is 1. The molecule has 1 aromatic rings. The second kappa shape index (κ2) is 7.77. The van der Waals surface area contributed by atoms with Crippen LogP contribution in [0.15, 0.2) is 35.5 Å². The second-order valence-corrected chi connectivity index (χ2v) is 8.32. The number of likely N-dealkylation sites (N-methyl/N-ethyl adjacent to an activating group) is 1. The molecule has 2 heterocycles. The van der Waals surface area contributed by atoms with Gasteiger partial charge in [0.1, 0.15) is 5.75 Å². The Morgan fingerprint density at radius 2 is 1.97 bits per heavy atom. The highest BCUT2D eigenvalue weighted by molar-refractivity contribution is 6.01. The molecule has 0 saturated carbocycles. The summed E-state index contributed by atoms with van der Waals surface area (Å²) in [5, 5.41) is 5.80. The molecule has 1 unspecified atom stereocenters. The molecule has 3 rings (SSSR count). The summed E-state index contributed by atoms with van der Waals surface area (Å²) in [6.45, 7) is 6.32. The lowest BCUT2D eigenvalue weighted by Crippen LogP contribution is -2.45. The lowest BCUT2D eigenvalue weighted by atomic mass is 9.95. The number of methoxy groups -OCH3 is 1. The van der Waals surface area contributed by atoms with Gasteiger partial charge in [-0.05, 0) is 26.8 Å². The van der Waals surface area contributed by atoms with E-state index >= 15 is 0 Å². The fourth-order valence-electron chi connectivity index (χ4n) is 3.66. The zero-order valence-electron chi connectivity index (χ0n) is 17.5. The van der Waals surface area contributed by atoms with E-state index in [9.17, 15) is 14.4 Å². The van der Waals surface area contributed by atoms with Crippen molar-refractivity contribution in [2.24, 2.45) is 0 Å². The number of nitrogens with zero attached hydrogens (tertiary/aromatic N) is 2. The van der Waals surface area contributed by atoms with Crippen molar-refractivity contribution in [2.45, 2.75) is 38.8 Å². The molecule has 29 heavy (non-hydrogen) atoms. The van der Waals surface area contributed by atoms with Crippen molar-refractivity contribution in [3.05, 3.63) is 41.1 Å². The van der Waals surface area contributed by atoms with E-state index in [0.29, 0.717) is 23.6 Å². The van der Waals surface area contributed by atoms with Gasteiger partial charge in [0.05, 0.1) is 31.0 Å². The number of urea groups is 1. The van der Waals surface area contributed by atoms with Crippen molar-refractivity contribution in [3.8, 4) is 5.75 Å².